The molecule has 0 aliphatic heterocycles. The molecular weight excluding hydrogens is 276 g/mol. The summed E-state index contributed by atoms with van der Waals surface area (Å²) >= 11 is 0. The maximum Gasteiger partial charge on any atom is 0.269 e. The standard InChI is InChI=1S/C17H24N4O/c1-14-13-16(21(3)19-14)17(22)18-11-7-8-12-20(2)15-9-5-4-6-10-15/h4-6,9-10,13H,7-8,11-12H2,1-3H3,(H,18,22). The Hall–Kier alpha value is -2.30. The summed E-state index contributed by atoms with van der Waals surface area (Å²) in [6.07, 6.45) is 2.00. The maximum atomic E-state index is 12.0. The van der Waals surface area contributed by atoms with E-state index in [0.29, 0.717) is 12.2 Å². The van der Waals surface area contributed by atoms with Gasteiger partial charge in [-0.15, -0.1) is 0 Å². The van der Waals surface area contributed by atoms with Gasteiger partial charge in [-0.3, -0.25) is 9.48 Å². The summed E-state index contributed by atoms with van der Waals surface area (Å²) in [5.74, 6) is -0.0560. The van der Waals surface area contributed by atoms with Gasteiger partial charge in [0.25, 0.3) is 5.91 Å². The summed E-state index contributed by atoms with van der Waals surface area (Å²) < 4.78 is 1.62. The number of para-hydroxylation sites is 1. The second-order valence-electron chi connectivity index (χ2n) is 5.51. The fourth-order valence-corrected chi connectivity index (χ4v) is 2.40. The van der Waals surface area contributed by atoms with Gasteiger partial charge in [-0.2, -0.15) is 5.10 Å². The van der Waals surface area contributed by atoms with Crippen LogP contribution in [0.15, 0.2) is 36.4 Å². The Labute approximate surface area is 131 Å². The Morgan fingerprint density at radius 2 is 2.00 bits per heavy atom. The quantitative estimate of drug-likeness (QED) is 0.799. The van der Waals surface area contributed by atoms with Gasteiger partial charge in [-0.05, 0) is 38.0 Å². The highest BCUT2D eigenvalue weighted by molar-refractivity contribution is 5.92. The zero-order chi connectivity index (χ0) is 15.9. The third kappa shape index (κ3) is 4.35. The van der Waals surface area contributed by atoms with Crippen LogP contribution in [0.2, 0.25) is 0 Å². The van der Waals surface area contributed by atoms with Crippen molar-refractivity contribution in [3.63, 3.8) is 0 Å². The highest BCUT2D eigenvalue weighted by Gasteiger charge is 2.10. The molecule has 0 saturated heterocycles. The lowest BCUT2D eigenvalue weighted by Gasteiger charge is -2.19. The summed E-state index contributed by atoms with van der Waals surface area (Å²) in [5, 5.41) is 7.13. The van der Waals surface area contributed by atoms with Gasteiger partial charge in [0.2, 0.25) is 0 Å². The van der Waals surface area contributed by atoms with Crippen LogP contribution in [0.1, 0.15) is 29.0 Å². The van der Waals surface area contributed by atoms with E-state index in [4.69, 9.17) is 0 Å². The molecule has 0 aliphatic rings. The summed E-state index contributed by atoms with van der Waals surface area (Å²) in [5.41, 5.74) is 2.69. The molecule has 5 heteroatoms. The average Bonchev–Trinajstić information content (AvgIpc) is 2.86. The van der Waals surface area contributed by atoms with Gasteiger partial charge in [0, 0.05) is 32.9 Å². The van der Waals surface area contributed by atoms with E-state index in [2.05, 4.69) is 34.5 Å². The minimum absolute atomic E-state index is 0.0560. The van der Waals surface area contributed by atoms with Crippen LogP contribution in [0.5, 0.6) is 0 Å². The molecule has 0 saturated carbocycles. The molecule has 1 aromatic heterocycles. The van der Waals surface area contributed by atoms with Gasteiger partial charge in [0.1, 0.15) is 5.69 Å². The Balaban J connectivity index is 1.67. The lowest BCUT2D eigenvalue weighted by atomic mass is 10.2. The lowest BCUT2D eigenvalue weighted by Crippen LogP contribution is -2.27. The van der Waals surface area contributed by atoms with Crippen molar-refractivity contribution in [2.45, 2.75) is 19.8 Å². The molecular formula is C17H24N4O. The molecule has 1 amide bonds. The minimum atomic E-state index is -0.0560. The van der Waals surface area contributed by atoms with Crippen LogP contribution in [0.3, 0.4) is 0 Å². The second kappa shape index (κ2) is 7.64. The van der Waals surface area contributed by atoms with E-state index in [1.54, 1.807) is 17.8 Å². The summed E-state index contributed by atoms with van der Waals surface area (Å²) in [4.78, 5) is 14.2. The number of carbonyl (C=O) groups is 1. The van der Waals surface area contributed by atoms with Crippen LogP contribution in [-0.4, -0.2) is 35.8 Å². The number of unbranched alkanes of at least 4 members (excludes halogenated alkanes) is 1. The van der Waals surface area contributed by atoms with E-state index >= 15 is 0 Å². The van der Waals surface area contributed by atoms with Gasteiger partial charge in [0.05, 0.1) is 5.69 Å². The molecule has 2 aromatic rings. The van der Waals surface area contributed by atoms with Crippen LogP contribution in [-0.2, 0) is 7.05 Å². The monoisotopic (exact) mass is 300 g/mol. The molecule has 22 heavy (non-hydrogen) atoms. The third-order valence-corrected chi connectivity index (χ3v) is 3.64. The van der Waals surface area contributed by atoms with E-state index in [9.17, 15) is 4.79 Å². The van der Waals surface area contributed by atoms with E-state index in [1.807, 2.05) is 25.1 Å². The first kappa shape index (κ1) is 16.1. The Bertz CT molecular complexity index is 606. The zero-order valence-corrected chi connectivity index (χ0v) is 13.5. The number of aromatic nitrogens is 2. The number of benzene rings is 1. The Morgan fingerprint density at radius 1 is 1.27 bits per heavy atom. The van der Waals surface area contributed by atoms with Crippen molar-refractivity contribution >= 4 is 11.6 Å². The number of hydrogen-bond acceptors (Lipinski definition) is 3. The van der Waals surface area contributed by atoms with Crippen LogP contribution in [0, 0.1) is 6.92 Å². The first-order chi connectivity index (χ1) is 10.6. The molecule has 1 heterocycles. The first-order valence-electron chi connectivity index (χ1n) is 7.63. The SMILES string of the molecule is Cc1cc(C(=O)NCCCCN(C)c2ccccc2)n(C)n1. The maximum absolute atomic E-state index is 12.0. The number of aryl methyl sites for hydroxylation is 2. The van der Waals surface area contributed by atoms with Gasteiger partial charge in [-0.25, -0.2) is 0 Å². The number of carbonyl (C=O) groups excluding carboxylic acids is 1. The van der Waals surface area contributed by atoms with E-state index in [1.165, 1.54) is 5.69 Å². The largest absolute Gasteiger partial charge is 0.375 e. The van der Waals surface area contributed by atoms with E-state index in [0.717, 1.165) is 25.1 Å². The zero-order valence-electron chi connectivity index (χ0n) is 13.5. The van der Waals surface area contributed by atoms with Crippen LogP contribution in [0.25, 0.3) is 0 Å². The second-order valence-corrected chi connectivity index (χ2v) is 5.51. The molecule has 1 N–H and O–H groups in total. The molecule has 1 aromatic carbocycles. The number of nitrogens with zero attached hydrogens (tertiary/aromatic N) is 3. The summed E-state index contributed by atoms with van der Waals surface area (Å²) in [6, 6.07) is 12.1. The highest BCUT2D eigenvalue weighted by atomic mass is 16.2. The Morgan fingerprint density at radius 3 is 2.64 bits per heavy atom. The van der Waals surface area contributed by atoms with Gasteiger partial charge < -0.3 is 10.2 Å². The molecule has 0 aliphatic carbocycles. The number of amides is 1. The van der Waals surface area contributed by atoms with Crippen LogP contribution in [0.4, 0.5) is 5.69 Å². The minimum Gasteiger partial charge on any atom is -0.375 e. The number of nitrogens with one attached hydrogen (secondary N) is 1. The smallest absolute Gasteiger partial charge is 0.269 e. The molecule has 118 valence electrons. The van der Waals surface area contributed by atoms with Crippen LogP contribution >= 0.6 is 0 Å². The van der Waals surface area contributed by atoms with Crippen molar-refractivity contribution in [1.29, 1.82) is 0 Å². The lowest BCUT2D eigenvalue weighted by molar-refractivity contribution is 0.0943. The molecule has 0 radical (unpaired) electrons. The van der Waals surface area contributed by atoms with Crippen molar-refractivity contribution in [1.82, 2.24) is 15.1 Å². The Kier molecular flexibility index (Phi) is 5.58. The van der Waals surface area contributed by atoms with Crippen molar-refractivity contribution in [3.05, 3.63) is 47.8 Å². The fourth-order valence-electron chi connectivity index (χ4n) is 2.40. The van der Waals surface area contributed by atoms with Gasteiger partial charge in [0.15, 0.2) is 0 Å². The third-order valence-electron chi connectivity index (χ3n) is 3.64. The van der Waals surface area contributed by atoms with Crippen molar-refractivity contribution in [2.24, 2.45) is 7.05 Å². The van der Waals surface area contributed by atoms with E-state index in [-0.39, 0.29) is 5.91 Å². The number of rotatable bonds is 7. The fraction of sp³-hybridized carbons (Fsp3) is 0.412. The van der Waals surface area contributed by atoms with Crippen molar-refractivity contribution < 1.29 is 4.79 Å². The topological polar surface area (TPSA) is 50.2 Å². The predicted octanol–water partition coefficient (Wildman–Crippen LogP) is 2.37. The van der Waals surface area contributed by atoms with E-state index < -0.39 is 0 Å². The highest BCUT2D eigenvalue weighted by Crippen LogP contribution is 2.11. The predicted molar refractivity (Wildman–Crippen MR) is 89.2 cm³/mol. The summed E-state index contributed by atoms with van der Waals surface area (Å²) in [6.45, 7) is 3.55. The molecule has 0 bridgehead atoms. The van der Waals surface area contributed by atoms with Crippen LogP contribution < -0.4 is 10.2 Å². The van der Waals surface area contributed by atoms with Gasteiger partial charge in [-0.1, -0.05) is 18.2 Å². The number of hydrogen-bond donors (Lipinski definition) is 1. The number of anilines is 1. The summed E-state index contributed by atoms with van der Waals surface area (Å²) in [7, 11) is 3.88. The normalized spacial score (nSPS) is 10.5. The molecule has 5 nitrogen and oxygen atoms in total. The average molecular weight is 300 g/mol. The first-order valence-corrected chi connectivity index (χ1v) is 7.63. The molecule has 0 spiro atoms. The van der Waals surface area contributed by atoms with Gasteiger partial charge >= 0.3 is 0 Å². The molecule has 0 fully saturated rings. The molecule has 0 atom stereocenters. The molecule has 0 unspecified atom stereocenters. The van der Waals surface area contributed by atoms with Crippen molar-refractivity contribution in [2.75, 3.05) is 25.0 Å². The molecule has 2 rings (SSSR count). The van der Waals surface area contributed by atoms with Crippen molar-refractivity contribution in [3.8, 4) is 0 Å².